The van der Waals surface area contributed by atoms with Crippen LogP contribution in [0.15, 0.2) is 6.07 Å². The van der Waals surface area contributed by atoms with E-state index in [0.717, 1.165) is 39.0 Å². The molecule has 0 aromatic carbocycles. The average Bonchev–Trinajstić information content (AvgIpc) is 2.79. The van der Waals surface area contributed by atoms with Crippen LogP contribution in [0, 0.1) is 6.92 Å². The Kier molecular flexibility index (Phi) is 4.95. The molecule has 1 fully saturated rings. The highest BCUT2D eigenvalue weighted by atomic mass is 16.1. The zero-order valence-electron chi connectivity index (χ0n) is 12.3. The number of aromatic nitrogens is 1. The molecule has 0 atom stereocenters. The molecule has 2 heterocycles. The number of nitrogens with zero attached hydrogens (tertiary/aromatic N) is 2. The molecule has 1 N–H and O–H groups in total. The van der Waals surface area contributed by atoms with Crippen LogP contribution in [0.4, 0.5) is 0 Å². The molecule has 0 saturated carbocycles. The molecule has 0 radical (unpaired) electrons. The van der Waals surface area contributed by atoms with E-state index in [1.165, 1.54) is 17.0 Å². The van der Waals surface area contributed by atoms with Crippen LogP contribution in [-0.4, -0.2) is 60.2 Å². The Balaban J connectivity index is 0.000000151. The Labute approximate surface area is 119 Å². The fourth-order valence-electron chi connectivity index (χ4n) is 2.58. The molecular weight excluding hydrogens is 254 g/mol. The molecule has 1 saturated heterocycles. The Morgan fingerprint density at radius 2 is 1.90 bits per heavy atom. The van der Waals surface area contributed by atoms with Gasteiger partial charge in [0.1, 0.15) is 5.78 Å². The van der Waals surface area contributed by atoms with Gasteiger partial charge in [0, 0.05) is 50.4 Å². The first-order chi connectivity index (χ1) is 9.58. The van der Waals surface area contributed by atoms with Crippen molar-refractivity contribution in [3.63, 3.8) is 0 Å². The third-order valence-corrected chi connectivity index (χ3v) is 3.85. The zero-order valence-corrected chi connectivity index (χ0v) is 12.3. The van der Waals surface area contributed by atoms with Crippen molar-refractivity contribution < 1.29 is 9.59 Å². The second-order valence-electron chi connectivity index (χ2n) is 5.62. The van der Waals surface area contributed by atoms with E-state index in [1.807, 2.05) is 6.92 Å². The number of piperazine rings is 1. The number of hydrogen-bond acceptors (Lipinski definition) is 3. The zero-order chi connectivity index (χ0) is 14.5. The summed E-state index contributed by atoms with van der Waals surface area (Å²) in [6, 6.07) is 2.08. The summed E-state index contributed by atoms with van der Waals surface area (Å²) >= 11 is 0. The van der Waals surface area contributed by atoms with Gasteiger partial charge < -0.3 is 14.8 Å². The van der Waals surface area contributed by atoms with Crippen molar-refractivity contribution in [1.29, 1.82) is 0 Å². The molecule has 1 aliphatic carbocycles. The van der Waals surface area contributed by atoms with Crippen LogP contribution in [0.3, 0.4) is 0 Å². The number of nitrogens with one attached hydrogen (secondary N) is 1. The van der Waals surface area contributed by atoms with E-state index in [1.54, 1.807) is 4.90 Å². The van der Waals surface area contributed by atoms with E-state index in [0.29, 0.717) is 18.6 Å². The number of rotatable bonds is 1. The van der Waals surface area contributed by atoms with Crippen molar-refractivity contribution >= 4 is 12.2 Å². The lowest BCUT2D eigenvalue weighted by atomic mass is 9.97. The highest BCUT2D eigenvalue weighted by molar-refractivity contribution is 5.83. The van der Waals surface area contributed by atoms with Gasteiger partial charge in [-0.05, 0) is 32.0 Å². The Morgan fingerprint density at radius 3 is 2.55 bits per heavy atom. The minimum Gasteiger partial charge on any atom is -0.362 e. The lowest BCUT2D eigenvalue weighted by Gasteiger charge is -2.29. The molecule has 0 unspecified atom stereocenters. The number of H-pyrrole nitrogens is 1. The van der Waals surface area contributed by atoms with Gasteiger partial charge in [0.25, 0.3) is 0 Å². The van der Waals surface area contributed by atoms with E-state index in [2.05, 4.69) is 23.0 Å². The standard InChI is InChI=1S/C9H11NO.C6H12N2O/c1-6-4-7-5-8(11)2-3-9(7)10-6;1-7-2-4-8(6-9)5-3-7/h4,10H,2-3,5H2,1H3;6H,2-5H2,1H3. The van der Waals surface area contributed by atoms with Gasteiger partial charge in [-0.1, -0.05) is 0 Å². The Hall–Kier alpha value is -1.62. The number of Topliss-reactive ketones (excluding diaryl/α,β-unsaturated/α-hetero) is 1. The van der Waals surface area contributed by atoms with Gasteiger partial charge in [0.15, 0.2) is 0 Å². The van der Waals surface area contributed by atoms with Gasteiger partial charge >= 0.3 is 0 Å². The van der Waals surface area contributed by atoms with Crippen molar-refractivity contribution in [2.24, 2.45) is 0 Å². The number of carbonyl (C=O) groups is 2. The first-order valence-corrected chi connectivity index (χ1v) is 7.15. The van der Waals surface area contributed by atoms with E-state index in [9.17, 15) is 9.59 Å². The van der Waals surface area contributed by atoms with Crippen LogP contribution >= 0.6 is 0 Å². The second-order valence-corrected chi connectivity index (χ2v) is 5.62. The number of carbonyl (C=O) groups excluding carboxylic acids is 2. The number of aryl methyl sites for hydroxylation is 2. The van der Waals surface area contributed by atoms with E-state index >= 15 is 0 Å². The van der Waals surface area contributed by atoms with Crippen LogP contribution in [0.5, 0.6) is 0 Å². The summed E-state index contributed by atoms with van der Waals surface area (Å²) in [6.45, 7) is 5.83. The van der Waals surface area contributed by atoms with Crippen molar-refractivity contribution in [2.75, 3.05) is 33.2 Å². The van der Waals surface area contributed by atoms with Gasteiger partial charge in [-0.15, -0.1) is 0 Å². The van der Waals surface area contributed by atoms with E-state index in [-0.39, 0.29) is 0 Å². The smallest absolute Gasteiger partial charge is 0.209 e. The molecule has 0 spiro atoms. The first-order valence-electron chi connectivity index (χ1n) is 7.15. The number of hydrogen-bond donors (Lipinski definition) is 1. The van der Waals surface area contributed by atoms with Crippen LogP contribution in [0.25, 0.3) is 0 Å². The molecule has 5 nitrogen and oxygen atoms in total. The summed E-state index contributed by atoms with van der Waals surface area (Å²) < 4.78 is 0. The molecule has 2 aliphatic rings. The minimum atomic E-state index is 0.372. The SMILES string of the molecule is CN1CCN(C=O)CC1.Cc1cc2c([nH]1)CCC(=O)C2. The van der Waals surface area contributed by atoms with Crippen LogP contribution in [-0.2, 0) is 22.4 Å². The number of aromatic amines is 1. The van der Waals surface area contributed by atoms with Gasteiger partial charge in [-0.2, -0.15) is 0 Å². The maximum absolute atomic E-state index is 11.0. The van der Waals surface area contributed by atoms with E-state index in [4.69, 9.17) is 0 Å². The largest absolute Gasteiger partial charge is 0.362 e. The topological polar surface area (TPSA) is 56.4 Å². The van der Waals surface area contributed by atoms with Gasteiger partial charge in [0.2, 0.25) is 6.41 Å². The Morgan fingerprint density at radius 1 is 1.20 bits per heavy atom. The number of likely N-dealkylation sites (N-methyl/N-ethyl adjacent to an activating group) is 1. The maximum Gasteiger partial charge on any atom is 0.209 e. The molecule has 5 heteroatoms. The summed E-state index contributed by atoms with van der Waals surface area (Å²) in [5.41, 5.74) is 3.64. The fourth-order valence-corrected chi connectivity index (χ4v) is 2.58. The molecule has 1 aromatic rings. The quantitative estimate of drug-likeness (QED) is 0.772. The van der Waals surface area contributed by atoms with Crippen LogP contribution < -0.4 is 0 Å². The highest BCUT2D eigenvalue weighted by Gasteiger charge is 2.16. The third-order valence-electron chi connectivity index (χ3n) is 3.85. The van der Waals surface area contributed by atoms with Crippen molar-refractivity contribution in [3.8, 4) is 0 Å². The number of amides is 1. The molecule has 1 aromatic heterocycles. The molecule has 1 amide bonds. The molecule has 20 heavy (non-hydrogen) atoms. The van der Waals surface area contributed by atoms with Gasteiger partial charge in [-0.25, -0.2) is 0 Å². The second kappa shape index (κ2) is 6.70. The summed E-state index contributed by atoms with van der Waals surface area (Å²) in [7, 11) is 2.07. The monoisotopic (exact) mass is 277 g/mol. The predicted molar refractivity (Wildman–Crippen MR) is 77.7 cm³/mol. The van der Waals surface area contributed by atoms with Crippen molar-refractivity contribution in [2.45, 2.75) is 26.2 Å². The van der Waals surface area contributed by atoms with Crippen molar-refractivity contribution in [3.05, 3.63) is 23.0 Å². The molecule has 3 rings (SSSR count). The molecule has 1 aliphatic heterocycles. The highest BCUT2D eigenvalue weighted by Crippen LogP contribution is 2.18. The van der Waals surface area contributed by atoms with Gasteiger partial charge in [0.05, 0.1) is 0 Å². The molecule has 0 bridgehead atoms. The molecular formula is C15H23N3O2. The summed E-state index contributed by atoms with van der Waals surface area (Å²) in [5.74, 6) is 0.372. The lowest BCUT2D eigenvalue weighted by Crippen LogP contribution is -2.43. The number of fused-ring (bicyclic) bond motifs is 1. The minimum absolute atomic E-state index is 0.372. The summed E-state index contributed by atoms with van der Waals surface area (Å²) in [4.78, 5) is 28.5. The van der Waals surface area contributed by atoms with E-state index < -0.39 is 0 Å². The van der Waals surface area contributed by atoms with Crippen LogP contribution in [0.2, 0.25) is 0 Å². The number of ketones is 1. The summed E-state index contributed by atoms with van der Waals surface area (Å²) in [6.07, 6.45) is 3.18. The normalized spacial score (nSPS) is 19.1. The lowest BCUT2D eigenvalue weighted by molar-refractivity contribution is -0.120. The van der Waals surface area contributed by atoms with Crippen molar-refractivity contribution in [1.82, 2.24) is 14.8 Å². The first kappa shape index (κ1) is 14.8. The van der Waals surface area contributed by atoms with Crippen LogP contribution in [0.1, 0.15) is 23.4 Å². The van der Waals surface area contributed by atoms with Gasteiger partial charge in [-0.3, -0.25) is 9.59 Å². The summed E-state index contributed by atoms with van der Waals surface area (Å²) in [5, 5.41) is 0. The molecule has 110 valence electrons. The Bertz CT molecular complexity index is 473. The predicted octanol–water partition coefficient (Wildman–Crippen LogP) is 0.771. The maximum atomic E-state index is 11.0. The third kappa shape index (κ3) is 3.93. The fraction of sp³-hybridized carbons (Fsp3) is 0.600. The average molecular weight is 277 g/mol.